The molecule has 37 heavy (non-hydrogen) atoms. The van der Waals surface area contributed by atoms with Gasteiger partial charge in [-0.1, -0.05) is 58.0 Å². The summed E-state index contributed by atoms with van der Waals surface area (Å²) in [4.78, 5) is 25.1. The largest absolute Gasteiger partial charge is 0.492 e. The molecule has 2 aromatic carbocycles. The molecular formula is C29H33F3O5. The lowest BCUT2D eigenvalue weighted by Gasteiger charge is -2.32. The maximum absolute atomic E-state index is 14.0. The molecule has 2 unspecified atom stereocenters. The van der Waals surface area contributed by atoms with Crippen LogP contribution < -0.4 is 10.4 Å². The van der Waals surface area contributed by atoms with Crippen molar-refractivity contribution in [1.82, 2.24) is 0 Å². The minimum atomic E-state index is -4.69. The second-order valence-electron chi connectivity index (χ2n) is 10.4. The maximum Gasteiger partial charge on any atom is 0.400 e. The third kappa shape index (κ3) is 6.93. The summed E-state index contributed by atoms with van der Waals surface area (Å²) in [6, 6.07) is 15.2. The Morgan fingerprint density at radius 3 is 2.24 bits per heavy atom. The SMILES string of the molecule is CC(C)CC(C(=O)OCC(C)(COc1ccc2cc(-c3ccccc3)c(=O)oc2c1)C(F)(F)F)C(C)C. The summed E-state index contributed by atoms with van der Waals surface area (Å²) in [5, 5.41) is 0.600. The van der Waals surface area contributed by atoms with Crippen molar-refractivity contribution in [2.24, 2.45) is 23.2 Å². The third-order valence-electron chi connectivity index (χ3n) is 6.40. The number of halogens is 3. The zero-order chi connectivity index (χ0) is 27.4. The predicted molar refractivity (Wildman–Crippen MR) is 136 cm³/mol. The maximum atomic E-state index is 14.0. The van der Waals surface area contributed by atoms with E-state index in [1.807, 2.05) is 33.8 Å². The van der Waals surface area contributed by atoms with Gasteiger partial charge >= 0.3 is 17.8 Å². The van der Waals surface area contributed by atoms with Gasteiger partial charge in [-0.2, -0.15) is 13.2 Å². The number of carbonyl (C=O) groups is 1. The molecule has 0 aliphatic heterocycles. The highest BCUT2D eigenvalue weighted by Crippen LogP contribution is 2.39. The predicted octanol–water partition coefficient (Wildman–Crippen LogP) is 7.27. The van der Waals surface area contributed by atoms with Crippen LogP contribution in [0.25, 0.3) is 22.1 Å². The molecule has 5 nitrogen and oxygen atoms in total. The number of carbonyl (C=O) groups excluding carboxylic acids is 1. The van der Waals surface area contributed by atoms with E-state index in [9.17, 15) is 22.8 Å². The van der Waals surface area contributed by atoms with Crippen molar-refractivity contribution >= 4 is 16.9 Å². The number of benzene rings is 2. The molecule has 200 valence electrons. The van der Waals surface area contributed by atoms with E-state index in [1.54, 1.807) is 36.4 Å². The number of esters is 1. The van der Waals surface area contributed by atoms with Gasteiger partial charge in [0.25, 0.3) is 0 Å². The highest BCUT2D eigenvalue weighted by Gasteiger charge is 2.53. The topological polar surface area (TPSA) is 65.7 Å². The quantitative estimate of drug-likeness (QED) is 0.209. The number of hydrogen-bond acceptors (Lipinski definition) is 5. The molecule has 0 saturated carbocycles. The van der Waals surface area contributed by atoms with Crippen molar-refractivity contribution in [1.29, 1.82) is 0 Å². The fourth-order valence-corrected chi connectivity index (χ4v) is 3.93. The van der Waals surface area contributed by atoms with Crippen LogP contribution in [0.1, 0.15) is 41.0 Å². The minimum Gasteiger partial charge on any atom is -0.492 e. The van der Waals surface area contributed by atoms with Crippen LogP contribution in [0.2, 0.25) is 0 Å². The Balaban J connectivity index is 1.76. The van der Waals surface area contributed by atoms with Crippen LogP contribution in [0.5, 0.6) is 5.75 Å². The molecule has 3 rings (SSSR count). The molecule has 0 N–H and O–H groups in total. The molecular weight excluding hydrogens is 485 g/mol. The molecule has 0 amide bonds. The van der Waals surface area contributed by atoms with E-state index in [-0.39, 0.29) is 23.2 Å². The van der Waals surface area contributed by atoms with Crippen LogP contribution in [0.15, 0.2) is 63.8 Å². The number of hydrogen-bond donors (Lipinski definition) is 0. The van der Waals surface area contributed by atoms with Crippen LogP contribution in [0.4, 0.5) is 13.2 Å². The summed E-state index contributed by atoms with van der Waals surface area (Å²) in [6.45, 7) is 6.91. The average Bonchev–Trinajstić information content (AvgIpc) is 2.83. The molecule has 0 fully saturated rings. The van der Waals surface area contributed by atoms with Gasteiger partial charge in [0.05, 0.1) is 11.5 Å². The number of rotatable bonds is 10. The first kappa shape index (κ1) is 28.3. The Kier molecular flexibility index (Phi) is 8.72. The lowest BCUT2D eigenvalue weighted by molar-refractivity contribution is -0.241. The van der Waals surface area contributed by atoms with Gasteiger partial charge in [-0.25, -0.2) is 4.79 Å². The summed E-state index contributed by atoms with van der Waals surface area (Å²) in [5.74, 6) is -0.875. The molecule has 1 heterocycles. The highest BCUT2D eigenvalue weighted by molar-refractivity contribution is 5.82. The third-order valence-corrected chi connectivity index (χ3v) is 6.40. The summed E-state index contributed by atoms with van der Waals surface area (Å²) >= 11 is 0. The first-order chi connectivity index (χ1) is 17.3. The summed E-state index contributed by atoms with van der Waals surface area (Å²) in [7, 11) is 0. The van der Waals surface area contributed by atoms with Crippen molar-refractivity contribution in [3.8, 4) is 16.9 Å². The van der Waals surface area contributed by atoms with Crippen LogP contribution in [-0.4, -0.2) is 25.4 Å². The Bertz CT molecular complexity index is 1260. The molecule has 3 aromatic rings. The number of fused-ring (bicyclic) bond motifs is 1. The van der Waals surface area contributed by atoms with Crippen molar-refractivity contribution < 1.29 is 31.9 Å². The molecule has 0 saturated heterocycles. The van der Waals surface area contributed by atoms with Gasteiger partial charge in [-0.05, 0) is 48.9 Å². The molecule has 0 spiro atoms. The Hall–Kier alpha value is -3.29. The van der Waals surface area contributed by atoms with E-state index in [0.717, 1.165) is 6.92 Å². The Labute approximate surface area is 214 Å². The van der Waals surface area contributed by atoms with Crippen LogP contribution in [-0.2, 0) is 9.53 Å². The van der Waals surface area contributed by atoms with Gasteiger partial charge in [0, 0.05) is 11.5 Å². The van der Waals surface area contributed by atoms with Gasteiger partial charge in [0.2, 0.25) is 0 Å². The summed E-state index contributed by atoms with van der Waals surface area (Å²) in [6.07, 6.45) is -4.16. The molecule has 0 aliphatic carbocycles. The first-order valence-corrected chi connectivity index (χ1v) is 12.3. The summed E-state index contributed by atoms with van der Waals surface area (Å²) in [5.41, 5.74) is -1.73. The Morgan fingerprint density at radius 1 is 0.973 bits per heavy atom. The number of alkyl halides is 3. The van der Waals surface area contributed by atoms with Gasteiger partial charge in [0.15, 0.2) is 0 Å². The second-order valence-corrected chi connectivity index (χ2v) is 10.4. The van der Waals surface area contributed by atoms with E-state index >= 15 is 0 Å². The summed E-state index contributed by atoms with van der Waals surface area (Å²) < 4.78 is 58.1. The molecule has 0 radical (unpaired) electrons. The normalized spacial score (nSPS) is 14.5. The van der Waals surface area contributed by atoms with E-state index in [4.69, 9.17) is 13.9 Å². The minimum absolute atomic E-state index is 0.0574. The molecule has 0 aliphatic rings. The van der Waals surface area contributed by atoms with Gasteiger partial charge < -0.3 is 13.9 Å². The van der Waals surface area contributed by atoms with Gasteiger partial charge in [-0.15, -0.1) is 0 Å². The standard InChI is InChI=1S/C29H33F3O5/c1-18(2)13-23(19(3)4)26(33)36-17-28(5,29(30,31)32)16-35-22-12-11-21-14-24(20-9-7-6-8-10-20)27(34)37-25(21)15-22/h6-12,14-15,18-19,23H,13,16-17H2,1-5H3. The van der Waals surface area contributed by atoms with Crippen molar-refractivity contribution in [2.75, 3.05) is 13.2 Å². The second kappa shape index (κ2) is 11.4. The highest BCUT2D eigenvalue weighted by atomic mass is 19.4. The van der Waals surface area contributed by atoms with Gasteiger partial charge in [0.1, 0.15) is 30.0 Å². The van der Waals surface area contributed by atoms with Crippen molar-refractivity contribution in [3.05, 3.63) is 65.0 Å². The smallest absolute Gasteiger partial charge is 0.400 e. The van der Waals surface area contributed by atoms with Gasteiger partial charge in [-0.3, -0.25) is 4.79 Å². The average molecular weight is 519 g/mol. The van der Waals surface area contributed by atoms with Crippen molar-refractivity contribution in [2.45, 2.75) is 47.2 Å². The first-order valence-electron chi connectivity index (χ1n) is 12.3. The monoisotopic (exact) mass is 518 g/mol. The van der Waals surface area contributed by atoms with E-state index in [0.29, 0.717) is 22.9 Å². The van der Waals surface area contributed by atoms with Crippen LogP contribution in [0, 0.1) is 23.2 Å². The zero-order valence-electron chi connectivity index (χ0n) is 21.7. The molecule has 2 atom stereocenters. The zero-order valence-corrected chi connectivity index (χ0v) is 21.7. The fraction of sp³-hybridized carbons (Fsp3) is 0.448. The van der Waals surface area contributed by atoms with Crippen molar-refractivity contribution in [3.63, 3.8) is 0 Å². The van der Waals surface area contributed by atoms with E-state index in [1.165, 1.54) is 12.1 Å². The fourth-order valence-electron chi connectivity index (χ4n) is 3.93. The van der Waals surface area contributed by atoms with Crippen LogP contribution in [0.3, 0.4) is 0 Å². The number of ether oxygens (including phenoxy) is 2. The molecule has 1 aromatic heterocycles. The lowest BCUT2D eigenvalue weighted by atomic mass is 9.87. The molecule has 0 bridgehead atoms. The molecule has 8 heteroatoms. The van der Waals surface area contributed by atoms with E-state index < -0.39 is 42.3 Å². The van der Waals surface area contributed by atoms with Crippen LogP contribution >= 0.6 is 0 Å². The Morgan fingerprint density at radius 2 is 1.65 bits per heavy atom. The van der Waals surface area contributed by atoms with E-state index in [2.05, 4.69) is 0 Å². The lowest BCUT2D eigenvalue weighted by Crippen LogP contribution is -2.45.